The number of thiazole rings is 1. The molecule has 0 atom stereocenters. The lowest BCUT2D eigenvalue weighted by Crippen LogP contribution is -2.37. The first kappa shape index (κ1) is 20.0. The van der Waals surface area contributed by atoms with E-state index in [-0.39, 0.29) is 6.54 Å². The number of anilines is 1. The molecule has 0 fully saturated rings. The van der Waals surface area contributed by atoms with Gasteiger partial charge in [0.25, 0.3) is 11.8 Å². The zero-order valence-electron chi connectivity index (χ0n) is 17.0. The average molecular weight is 447 g/mol. The Morgan fingerprint density at radius 3 is 2.59 bits per heavy atom. The van der Waals surface area contributed by atoms with E-state index in [2.05, 4.69) is 10.3 Å². The van der Waals surface area contributed by atoms with Crippen LogP contribution in [0.5, 0.6) is 5.75 Å². The summed E-state index contributed by atoms with van der Waals surface area (Å²) in [5.41, 5.74) is 1.80. The lowest BCUT2D eigenvalue weighted by atomic mass is 10.1. The molecule has 0 radical (unpaired) electrons. The number of aromatic nitrogens is 1. The molecule has 1 N–H and O–H groups in total. The topological polar surface area (TPSA) is 102 Å². The predicted molar refractivity (Wildman–Crippen MR) is 119 cm³/mol. The molecule has 8 nitrogen and oxygen atoms in total. The lowest BCUT2D eigenvalue weighted by molar-refractivity contribution is -0.116. The van der Waals surface area contributed by atoms with Gasteiger partial charge >= 0.3 is 0 Å². The average Bonchev–Trinajstić information content (AvgIpc) is 3.49. The van der Waals surface area contributed by atoms with Crippen molar-refractivity contribution in [1.82, 2.24) is 9.88 Å². The number of carbonyl (C=O) groups is 3. The molecule has 0 spiro atoms. The van der Waals surface area contributed by atoms with Crippen LogP contribution in [0.4, 0.5) is 5.13 Å². The second-order valence-corrected chi connectivity index (χ2v) is 7.90. The predicted octanol–water partition coefficient (Wildman–Crippen LogP) is 4.19. The van der Waals surface area contributed by atoms with E-state index in [0.29, 0.717) is 45.7 Å². The summed E-state index contributed by atoms with van der Waals surface area (Å²) in [5, 5.41) is 5.63. The van der Waals surface area contributed by atoms with Gasteiger partial charge in [0, 0.05) is 10.8 Å². The Morgan fingerprint density at radius 2 is 1.88 bits per heavy atom. The van der Waals surface area contributed by atoms with Crippen molar-refractivity contribution in [2.24, 2.45) is 0 Å². The van der Waals surface area contributed by atoms with Gasteiger partial charge in [-0.2, -0.15) is 0 Å². The van der Waals surface area contributed by atoms with E-state index >= 15 is 0 Å². The van der Waals surface area contributed by atoms with Crippen LogP contribution in [0, 0.1) is 0 Å². The Morgan fingerprint density at radius 1 is 1.12 bits per heavy atom. The van der Waals surface area contributed by atoms with Crippen molar-refractivity contribution in [3.8, 4) is 17.2 Å². The van der Waals surface area contributed by atoms with Crippen molar-refractivity contribution in [2.45, 2.75) is 6.92 Å². The Kier molecular flexibility index (Phi) is 4.95. The molecule has 3 amide bonds. The van der Waals surface area contributed by atoms with Crippen molar-refractivity contribution < 1.29 is 23.5 Å². The first-order valence-corrected chi connectivity index (χ1v) is 10.8. The molecule has 0 saturated carbocycles. The Labute approximate surface area is 186 Å². The molecule has 0 unspecified atom stereocenters. The minimum Gasteiger partial charge on any atom is -0.490 e. The van der Waals surface area contributed by atoms with Crippen LogP contribution in [-0.4, -0.2) is 40.8 Å². The van der Waals surface area contributed by atoms with E-state index in [1.54, 1.807) is 29.6 Å². The maximum Gasteiger partial charge on any atom is 0.262 e. The number of hydrogen-bond donors (Lipinski definition) is 1. The van der Waals surface area contributed by atoms with Gasteiger partial charge in [0.1, 0.15) is 12.2 Å². The van der Waals surface area contributed by atoms with Gasteiger partial charge in [-0.15, -0.1) is 11.3 Å². The molecule has 2 aromatic heterocycles. The van der Waals surface area contributed by atoms with Crippen molar-refractivity contribution in [3.63, 3.8) is 0 Å². The highest BCUT2D eigenvalue weighted by Gasteiger charge is 2.36. The maximum absolute atomic E-state index is 12.5. The molecule has 0 aliphatic carbocycles. The number of carbonyl (C=O) groups excluding carboxylic acids is 3. The number of rotatable bonds is 6. The number of benzene rings is 2. The minimum atomic E-state index is -0.511. The van der Waals surface area contributed by atoms with E-state index in [4.69, 9.17) is 9.15 Å². The normalized spacial score (nSPS) is 13.0. The quantitative estimate of drug-likeness (QED) is 0.445. The van der Waals surface area contributed by atoms with E-state index in [0.717, 1.165) is 10.3 Å². The van der Waals surface area contributed by atoms with Gasteiger partial charge < -0.3 is 14.5 Å². The van der Waals surface area contributed by atoms with Gasteiger partial charge in [0.2, 0.25) is 5.91 Å². The third kappa shape index (κ3) is 3.42. The number of fused-ring (bicyclic) bond motifs is 2. The zero-order chi connectivity index (χ0) is 22.2. The SMILES string of the molecule is CCOc1cccc2cc(-c3csc(NC(=O)CN4C(=O)c5ccccc5C4=O)n3)oc12. The van der Waals surface area contributed by atoms with Gasteiger partial charge in [-0.1, -0.05) is 24.3 Å². The summed E-state index contributed by atoms with van der Waals surface area (Å²) >= 11 is 1.22. The second kappa shape index (κ2) is 7.93. The number of amides is 3. The van der Waals surface area contributed by atoms with Gasteiger partial charge in [-0.25, -0.2) is 4.98 Å². The van der Waals surface area contributed by atoms with E-state index in [1.807, 2.05) is 31.2 Å². The molecule has 0 saturated heterocycles. The minimum absolute atomic E-state index is 0.304. The summed E-state index contributed by atoms with van der Waals surface area (Å²) in [7, 11) is 0. The molecular weight excluding hydrogens is 430 g/mol. The number of ether oxygens (including phenoxy) is 1. The molecule has 4 aromatic rings. The standard InChI is InChI=1S/C23H17N3O5S/c1-2-30-17-9-5-6-13-10-18(31-20(13)17)16-12-32-23(24-16)25-19(27)11-26-21(28)14-7-3-4-8-15(14)22(26)29/h3-10,12H,2,11H2,1H3,(H,24,25,27). The number of hydrogen-bond acceptors (Lipinski definition) is 7. The fourth-order valence-electron chi connectivity index (χ4n) is 3.56. The largest absolute Gasteiger partial charge is 0.490 e. The van der Waals surface area contributed by atoms with Gasteiger partial charge in [-0.3, -0.25) is 19.3 Å². The highest BCUT2D eigenvalue weighted by Crippen LogP contribution is 2.34. The molecule has 1 aliphatic heterocycles. The highest BCUT2D eigenvalue weighted by atomic mass is 32.1. The molecule has 32 heavy (non-hydrogen) atoms. The molecule has 3 heterocycles. The van der Waals surface area contributed by atoms with E-state index < -0.39 is 17.7 Å². The van der Waals surface area contributed by atoms with Crippen LogP contribution in [-0.2, 0) is 4.79 Å². The van der Waals surface area contributed by atoms with Crippen LogP contribution in [0.3, 0.4) is 0 Å². The Bertz CT molecular complexity index is 1340. The van der Waals surface area contributed by atoms with Gasteiger partial charge in [0.15, 0.2) is 22.2 Å². The fraction of sp³-hybridized carbons (Fsp3) is 0.130. The molecule has 0 bridgehead atoms. The first-order valence-electron chi connectivity index (χ1n) is 9.91. The van der Waals surface area contributed by atoms with Crippen LogP contribution >= 0.6 is 11.3 Å². The van der Waals surface area contributed by atoms with Crippen molar-refractivity contribution in [3.05, 3.63) is 65.0 Å². The molecule has 160 valence electrons. The summed E-state index contributed by atoms with van der Waals surface area (Å²) in [6, 6.07) is 14.0. The maximum atomic E-state index is 12.5. The first-order chi connectivity index (χ1) is 15.5. The third-order valence-corrected chi connectivity index (χ3v) is 5.75. The van der Waals surface area contributed by atoms with Crippen LogP contribution < -0.4 is 10.1 Å². The summed E-state index contributed by atoms with van der Waals surface area (Å²) < 4.78 is 11.5. The van der Waals surface area contributed by atoms with E-state index in [1.165, 1.54) is 11.3 Å². The number of para-hydroxylation sites is 1. The van der Waals surface area contributed by atoms with Crippen LogP contribution in [0.25, 0.3) is 22.4 Å². The molecular formula is C23H17N3O5S. The van der Waals surface area contributed by atoms with Crippen LogP contribution in [0.2, 0.25) is 0 Å². The smallest absolute Gasteiger partial charge is 0.262 e. The summed E-state index contributed by atoms with van der Waals surface area (Å²) in [4.78, 5) is 42.7. The number of nitrogens with zero attached hydrogens (tertiary/aromatic N) is 2. The Hall–Kier alpha value is -3.98. The van der Waals surface area contributed by atoms with Crippen molar-refractivity contribution in [2.75, 3.05) is 18.5 Å². The lowest BCUT2D eigenvalue weighted by Gasteiger charge is -2.12. The summed E-state index contributed by atoms with van der Waals surface area (Å²) in [6.45, 7) is 2.04. The van der Waals surface area contributed by atoms with Crippen molar-refractivity contribution in [1.29, 1.82) is 0 Å². The number of imide groups is 1. The monoisotopic (exact) mass is 447 g/mol. The summed E-state index contributed by atoms with van der Waals surface area (Å²) in [6.07, 6.45) is 0. The fourth-order valence-corrected chi connectivity index (χ4v) is 4.28. The second-order valence-electron chi connectivity index (χ2n) is 7.05. The molecule has 5 rings (SSSR count). The third-order valence-electron chi connectivity index (χ3n) is 4.99. The molecule has 2 aromatic carbocycles. The van der Waals surface area contributed by atoms with Crippen molar-refractivity contribution >= 4 is 45.2 Å². The Balaban J connectivity index is 1.30. The zero-order valence-corrected chi connectivity index (χ0v) is 17.8. The van der Waals surface area contributed by atoms with Crippen LogP contribution in [0.15, 0.2) is 58.3 Å². The number of furan rings is 1. The van der Waals surface area contributed by atoms with Crippen LogP contribution in [0.1, 0.15) is 27.6 Å². The van der Waals surface area contributed by atoms with E-state index in [9.17, 15) is 14.4 Å². The van der Waals surface area contributed by atoms with Gasteiger partial charge in [0.05, 0.1) is 17.7 Å². The molecule has 1 aliphatic rings. The van der Waals surface area contributed by atoms with Gasteiger partial charge in [-0.05, 0) is 31.2 Å². The summed E-state index contributed by atoms with van der Waals surface area (Å²) in [5.74, 6) is -0.269. The number of nitrogens with one attached hydrogen (secondary N) is 1. The highest BCUT2D eigenvalue weighted by molar-refractivity contribution is 7.14. The molecule has 9 heteroatoms.